The number of aldehydes is 1. The molecule has 0 amide bonds. The molecule has 0 N–H and O–H groups in total. The average Bonchev–Trinajstić information content (AvgIpc) is 2.35. The van der Waals surface area contributed by atoms with Gasteiger partial charge in [-0.1, -0.05) is 0 Å². The monoisotopic (exact) mass is 240 g/mol. The number of rotatable bonds is 3. The van der Waals surface area contributed by atoms with Crippen LogP contribution in [0.2, 0.25) is 0 Å². The van der Waals surface area contributed by atoms with Gasteiger partial charge in [-0.3, -0.25) is 4.90 Å². The summed E-state index contributed by atoms with van der Waals surface area (Å²) in [6.07, 6.45) is 3.13. The Labute approximate surface area is 104 Å². The summed E-state index contributed by atoms with van der Waals surface area (Å²) in [5, 5.41) is 0. The van der Waals surface area contributed by atoms with E-state index in [9.17, 15) is 4.79 Å². The van der Waals surface area contributed by atoms with Gasteiger partial charge in [-0.05, 0) is 26.8 Å². The van der Waals surface area contributed by atoms with Crippen LogP contribution in [0, 0.1) is 5.41 Å². The normalized spacial score (nSPS) is 36.9. The Bertz CT molecular complexity index is 264. The summed E-state index contributed by atoms with van der Waals surface area (Å²) in [5.41, 5.74) is -0.242. The quantitative estimate of drug-likeness (QED) is 0.677. The lowest BCUT2D eigenvalue weighted by Crippen LogP contribution is -2.54. The number of hydrogen-bond donors (Lipinski definition) is 0. The van der Waals surface area contributed by atoms with E-state index in [4.69, 9.17) is 4.74 Å². The highest BCUT2D eigenvalue weighted by Gasteiger charge is 2.36. The van der Waals surface area contributed by atoms with Crippen molar-refractivity contribution in [1.82, 2.24) is 9.80 Å². The highest BCUT2D eigenvalue weighted by Crippen LogP contribution is 2.28. The van der Waals surface area contributed by atoms with E-state index in [1.807, 2.05) is 0 Å². The van der Waals surface area contributed by atoms with Crippen LogP contribution in [0.5, 0.6) is 0 Å². The van der Waals surface area contributed by atoms with Gasteiger partial charge in [0.25, 0.3) is 0 Å². The molecule has 2 aliphatic rings. The van der Waals surface area contributed by atoms with Gasteiger partial charge in [-0.25, -0.2) is 0 Å². The highest BCUT2D eigenvalue weighted by atomic mass is 16.5. The van der Waals surface area contributed by atoms with E-state index >= 15 is 0 Å². The summed E-state index contributed by atoms with van der Waals surface area (Å²) in [5.74, 6) is 0. The lowest BCUT2D eigenvalue weighted by atomic mass is 9.83. The molecule has 0 aromatic rings. The van der Waals surface area contributed by atoms with Crippen molar-refractivity contribution in [1.29, 1.82) is 0 Å². The number of likely N-dealkylation sites (N-methyl/N-ethyl adjacent to an activating group) is 1. The molecule has 2 aliphatic heterocycles. The van der Waals surface area contributed by atoms with Crippen LogP contribution in [0.1, 0.15) is 19.8 Å². The van der Waals surface area contributed by atoms with Crippen LogP contribution in [-0.4, -0.2) is 68.6 Å². The first kappa shape index (κ1) is 13.0. The summed E-state index contributed by atoms with van der Waals surface area (Å²) in [6.45, 7) is 7.76. The minimum Gasteiger partial charge on any atom is -0.380 e. The summed E-state index contributed by atoms with van der Waals surface area (Å²) < 4.78 is 5.50. The second-order valence-corrected chi connectivity index (χ2v) is 5.70. The van der Waals surface area contributed by atoms with Gasteiger partial charge in [0.1, 0.15) is 6.29 Å². The molecule has 0 spiro atoms. The third-order valence-electron chi connectivity index (χ3n) is 4.19. The predicted molar refractivity (Wildman–Crippen MR) is 67.1 cm³/mol. The molecule has 0 aromatic carbocycles. The molecule has 4 nitrogen and oxygen atoms in total. The smallest absolute Gasteiger partial charge is 0.129 e. The molecule has 0 radical (unpaired) electrons. The van der Waals surface area contributed by atoms with Gasteiger partial charge in [0.2, 0.25) is 0 Å². The van der Waals surface area contributed by atoms with Gasteiger partial charge in [0, 0.05) is 38.8 Å². The van der Waals surface area contributed by atoms with Crippen LogP contribution < -0.4 is 0 Å². The molecule has 0 aliphatic carbocycles. The van der Waals surface area contributed by atoms with Crippen molar-refractivity contribution in [2.75, 3.05) is 46.4 Å². The zero-order valence-electron chi connectivity index (χ0n) is 11.0. The Hall–Kier alpha value is -0.450. The Morgan fingerprint density at radius 3 is 2.88 bits per heavy atom. The molecule has 2 fully saturated rings. The van der Waals surface area contributed by atoms with E-state index in [1.165, 1.54) is 0 Å². The molecule has 2 unspecified atom stereocenters. The van der Waals surface area contributed by atoms with Crippen LogP contribution in [0.15, 0.2) is 0 Å². The van der Waals surface area contributed by atoms with Crippen molar-refractivity contribution in [3.63, 3.8) is 0 Å². The minimum absolute atomic E-state index is 0.242. The molecule has 2 rings (SSSR count). The van der Waals surface area contributed by atoms with Crippen molar-refractivity contribution in [3.8, 4) is 0 Å². The van der Waals surface area contributed by atoms with Crippen molar-refractivity contribution < 1.29 is 9.53 Å². The molecule has 17 heavy (non-hydrogen) atoms. The third-order valence-corrected chi connectivity index (χ3v) is 4.19. The van der Waals surface area contributed by atoms with E-state index in [2.05, 4.69) is 23.8 Å². The SMILES string of the molecule is CC1CN(CC2(C=O)CCCOC2)CCN1C. The Kier molecular flexibility index (Phi) is 4.17. The zero-order valence-corrected chi connectivity index (χ0v) is 11.0. The van der Waals surface area contributed by atoms with Crippen molar-refractivity contribution in [2.24, 2.45) is 5.41 Å². The predicted octanol–water partition coefficient (Wildman–Crippen LogP) is 0.618. The second-order valence-electron chi connectivity index (χ2n) is 5.70. The summed E-state index contributed by atoms with van der Waals surface area (Å²) >= 11 is 0. The number of piperazine rings is 1. The Morgan fingerprint density at radius 2 is 2.29 bits per heavy atom. The van der Waals surface area contributed by atoms with Crippen LogP contribution >= 0.6 is 0 Å². The zero-order chi connectivity index (χ0) is 12.3. The molecule has 4 heteroatoms. The summed E-state index contributed by atoms with van der Waals surface area (Å²) in [7, 11) is 2.17. The largest absolute Gasteiger partial charge is 0.380 e. The fraction of sp³-hybridized carbons (Fsp3) is 0.923. The molecule has 0 saturated carbocycles. The number of hydrogen-bond acceptors (Lipinski definition) is 4. The van der Waals surface area contributed by atoms with E-state index < -0.39 is 0 Å². The van der Waals surface area contributed by atoms with Gasteiger partial charge in [0.15, 0.2) is 0 Å². The minimum atomic E-state index is -0.242. The standard InChI is InChI=1S/C13H24N2O2/c1-12-8-15(6-5-14(12)2)9-13(10-16)4-3-7-17-11-13/h10,12H,3-9,11H2,1-2H3. The second kappa shape index (κ2) is 5.46. The fourth-order valence-electron chi connectivity index (χ4n) is 2.84. The van der Waals surface area contributed by atoms with E-state index in [-0.39, 0.29) is 5.41 Å². The lowest BCUT2D eigenvalue weighted by Gasteiger charge is -2.42. The first-order valence-electron chi connectivity index (χ1n) is 6.62. The lowest BCUT2D eigenvalue weighted by molar-refractivity contribution is -0.126. The first-order valence-corrected chi connectivity index (χ1v) is 6.62. The van der Waals surface area contributed by atoms with Gasteiger partial charge >= 0.3 is 0 Å². The highest BCUT2D eigenvalue weighted by molar-refractivity contribution is 5.60. The van der Waals surface area contributed by atoms with E-state index in [0.29, 0.717) is 12.6 Å². The molecule has 2 heterocycles. The van der Waals surface area contributed by atoms with Crippen molar-refractivity contribution >= 4 is 6.29 Å². The summed E-state index contributed by atoms with van der Waals surface area (Å²) in [6, 6.07) is 0.581. The molecular weight excluding hydrogens is 216 g/mol. The third kappa shape index (κ3) is 3.06. The van der Waals surface area contributed by atoms with E-state index in [1.54, 1.807) is 0 Å². The molecule has 0 bridgehead atoms. The molecular formula is C13H24N2O2. The number of carbonyl (C=O) groups excluding carboxylic acids is 1. The Morgan fingerprint density at radius 1 is 1.47 bits per heavy atom. The topological polar surface area (TPSA) is 32.8 Å². The maximum Gasteiger partial charge on any atom is 0.129 e. The van der Waals surface area contributed by atoms with Crippen molar-refractivity contribution in [3.05, 3.63) is 0 Å². The van der Waals surface area contributed by atoms with Gasteiger partial charge in [-0.2, -0.15) is 0 Å². The maximum absolute atomic E-state index is 11.4. The van der Waals surface area contributed by atoms with Crippen LogP contribution in [0.3, 0.4) is 0 Å². The first-order chi connectivity index (χ1) is 8.15. The van der Waals surface area contributed by atoms with Crippen molar-refractivity contribution in [2.45, 2.75) is 25.8 Å². The fourth-order valence-corrected chi connectivity index (χ4v) is 2.84. The molecule has 98 valence electrons. The number of ether oxygens (including phenoxy) is 1. The van der Waals surface area contributed by atoms with Crippen LogP contribution in [0.4, 0.5) is 0 Å². The molecule has 2 atom stereocenters. The average molecular weight is 240 g/mol. The molecule has 2 saturated heterocycles. The van der Waals surface area contributed by atoms with Gasteiger partial charge in [0.05, 0.1) is 12.0 Å². The summed E-state index contributed by atoms with van der Waals surface area (Å²) in [4.78, 5) is 16.2. The van der Waals surface area contributed by atoms with Gasteiger partial charge < -0.3 is 14.4 Å². The Balaban J connectivity index is 1.92. The maximum atomic E-state index is 11.4. The van der Waals surface area contributed by atoms with E-state index in [0.717, 1.165) is 51.9 Å². The number of nitrogens with zero attached hydrogens (tertiary/aromatic N) is 2. The van der Waals surface area contributed by atoms with Gasteiger partial charge in [-0.15, -0.1) is 0 Å². The molecule has 0 aromatic heterocycles. The van der Waals surface area contributed by atoms with Crippen LogP contribution in [-0.2, 0) is 9.53 Å². The number of carbonyl (C=O) groups is 1. The van der Waals surface area contributed by atoms with Crippen LogP contribution in [0.25, 0.3) is 0 Å².